The van der Waals surface area contributed by atoms with E-state index in [0.717, 1.165) is 35.4 Å². The Morgan fingerprint density at radius 1 is 1.26 bits per heavy atom. The first-order valence-corrected chi connectivity index (χ1v) is 7.81. The summed E-state index contributed by atoms with van der Waals surface area (Å²) >= 11 is 3.45. The molecule has 1 saturated heterocycles. The molecule has 1 atom stereocenters. The summed E-state index contributed by atoms with van der Waals surface area (Å²) in [5.41, 5.74) is 6.67. The number of benzene rings is 1. The van der Waals surface area contributed by atoms with Gasteiger partial charge in [-0.15, -0.1) is 0 Å². The molecule has 1 aromatic rings. The highest BCUT2D eigenvalue weighted by molar-refractivity contribution is 9.10. The number of rotatable bonds is 2. The van der Waals surface area contributed by atoms with Crippen molar-refractivity contribution in [3.63, 3.8) is 0 Å². The molecule has 2 aliphatic rings. The van der Waals surface area contributed by atoms with E-state index in [1.165, 1.54) is 25.7 Å². The lowest BCUT2D eigenvalue weighted by atomic mass is 9.90. The zero-order valence-corrected chi connectivity index (χ0v) is 12.6. The van der Waals surface area contributed by atoms with E-state index in [0.29, 0.717) is 0 Å². The van der Waals surface area contributed by atoms with Crippen molar-refractivity contribution < 1.29 is 9.47 Å². The van der Waals surface area contributed by atoms with Gasteiger partial charge < -0.3 is 15.2 Å². The first kappa shape index (κ1) is 13.3. The normalized spacial score (nSPS) is 25.6. The Morgan fingerprint density at radius 2 is 2.05 bits per heavy atom. The van der Waals surface area contributed by atoms with Crippen LogP contribution in [-0.2, 0) is 4.74 Å². The van der Waals surface area contributed by atoms with Crippen LogP contribution >= 0.6 is 15.9 Å². The van der Waals surface area contributed by atoms with Crippen molar-refractivity contribution in [3.8, 4) is 5.75 Å². The van der Waals surface area contributed by atoms with Gasteiger partial charge in [0.25, 0.3) is 0 Å². The van der Waals surface area contributed by atoms with E-state index < -0.39 is 0 Å². The number of anilines is 1. The third-order valence-corrected chi connectivity index (χ3v) is 4.62. The van der Waals surface area contributed by atoms with Crippen molar-refractivity contribution in [3.05, 3.63) is 22.7 Å². The largest absolute Gasteiger partial charge is 0.490 e. The minimum absolute atomic E-state index is 0.0977. The summed E-state index contributed by atoms with van der Waals surface area (Å²) in [7, 11) is 0. The number of halogens is 1. The first-order valence-electron chi connectivity index (χ1n) is 7.02. The molecule has 3 rings (SSSR count). The molecule has 1 aliphatic carbocycles. The molecule has 0 aromatic heterocycles. The zero-order chi connectivity index (χ0) is 13.3. The Bertz CT molecular complexity index is 437. The van der Waals surface area contributed by atoms with Crippen molar-refractivity contribution >= 4 is 21.6 Å². The van der Waals surface area contributed by atoms with E-state index in [1.807, 2.05) is 18.2 Å². The molecule has 1 aromatic carbocycles. The molecular weight excluding hydrogens is 306 g/mol. The Hall–Kier alpha value is -0.740. The van der Waals surface area contributed by atoms with Crippen LogP contribution in [0.4, 0.5) is 5.69 Å². The number of ether oxygens (including phenoxy) is 2. The van der Waals surface area contributed by atoms with Gasteiger partial charge in [0.1, 0.15) is 11.9 Å². The summed E-state index contributed by atoms with van der Waals surface area (Å²) in [4.78, 5) is 0. The second kappa shape index (κ2) is 5.33. The van der Waals surface area contributed by atoms with Crippen LogP contribution in [0.25, 0.3) is 0 Å². The summed E-state index contributed by atoms with van der Waals surface area (Å²) in [5, 5.41) is 0. The lowest BCUT2D eigenvalue weighted by molar-refractivity contribution is -0.108. The summed E-state index contributed by atoms with van der Waals surface area (Å²) < 4.78 is 13.1. The summed E-state index contributed by atoms with van der Waals surface area (Å²) in [6.45, 7) is 0.814. The molecule has 2 N–H and O–H groups in total. The molecule has 2 fully saturated rings. The van der Waals surface area contributed by atoms with Crippen molar-refractivity contribution in [2.45, 2.75) is 50.2 Å². The molecule has 1 heterocycles. The zero-order valence-electron chi connectivity index (χ0n) is 11.0. The highest BCUT2D eigenvalue weighted by Crippen LogP contribution is 2.41. The predicted molar refractivity (Wildman–Crippen MR) is 79.4 cm³/mol. The Labute approximate surface area is 122 Å². The fourth-order valence-electron chi connectivity index (χ4n) is 3.30. The lowest BCUT2D eigenvalue weighted by Gasteiger charge is -2.38. The predicted octanol–water partition coefficient (Wildman–Crippen LogP) is 3.90. The molecule has 0 radical (unpaired) electrons. The van der Waals surface area contributed by atoms with Crippen molar-refractivity contribution in [1.82, 2.24) is 0 Å². The maximum atomic E-state index is 6.11. The molecule has 1 saturated carbocycles. The molecular formula is C15H20BrNO2. The second-order valence-corrected chi connectivity index (χ2v) is 6.61. The average Bonchev–Trinajstić information content (AvgIpc) is 2.76. The third-order valence-electron chi connectivity index (χ3n) is 4.16. The van der Waals surface area contributed by atoms with Crippen molar-refractivity contribution in [2.75, 3.05) is 12.3 Å². The van der Waals surface area contributed by atoms with Gasteiger partial charge in [-0.05, 0) is 25.0 Å². The van der Waals surface area contributed by atoms with E-state index >= 15 is 0 Å². The van der Waals surface area contributed by atoms with Gasteiger partial charge in [0.15, 0.2) is 0 Å². The number of nitrogens with two attached hydrogens (primary N) is 1. The van der Waals surface area contributed by atoms with E-state index in [-0.39, 0.29) is 11.7 Å². The topological polar surface area (TPSA) is 44.5 Å². The smallest absolute Gasteiger partial charge is 0.122 e. The summed E-state index contributed by atoms with van der Waals surface area (Å²) in [5.74, 6) is 0.854. The number of hydrogen-bond acceptors (Lipinski definition) is 3. The van der Waals surface area contributed by atoms with E-state index in [9.17, 15) is 0 Å². The number of nitrogen functional groups attached to an aromatic ring is 1. The Morgan fingerprint density at radius 3 is 2.79 bits per heavy atom. The molecule has 19 heavy (non-hydrogen) atoms. The van der Waals surface area contributed by atoms with Crippen LogP contribution < -0.4 is 10.5 Å². The molecule has 1 spiro atoms. The second-order valence-electron chi connectivity index (χ2n) is 5.69. The van der Waals surface area contributed by atoms with Gasteiger partial charge in [-0.2, -0.15) is 0 Å². The monoisotopic (exact) mass is 325 g/mol. The van der Waals surface area contributed by atoms with E-state index in [2.05, 4.69) is 15.9 Å². The average molecular weight is 326 g/mol. The lowest BCUT2D eigenvalue weighted by Crippen LogP contribution is -2.41. The molecule has 3 nitrogen and oxygen atoms in total. The highest BCUT2D eigenvalue weighted by atomic mass is 79.9. The Kier molecular flexibility index (Phi) is 3.72. The SMILES string of the molecule is Nc1cc(Br)cc(OC2CCOC3(CCCC3)C2)c1. The van der Waals surface area contributed by atoms with Gasteiger partial charge in [-0.25, -0.2) is 0 Å². The minimum atomic E-state index is 0.0977. The van der Waals surface area contributed by atoms with Crippen LogP contribution in [0.2, 0.25) is 0 Å². The van der Waals surface area contributed by atoms with Gasteiger partial charge in [0, 0.05) is 29.1 Å². The van der Waals surface area contributed by atoms with Crippen LogP contribution in [0.5, 0.6) is 5.75 Å². The number of hydrogen-bond donors (Lipinski definition) is 1. The molecule has 0 amide bonds. The van der Waals surface area contributed by atoms with Crippen LogP contribution in [0.15, 0.2) is 22.7 Å². The van der Waals surface area contributed by atoms with Crippen molar-refractivity contribution in [1.29, 1.82) is 0 Å². The molecule has 1 unspecified atom stereocenters. The van der Waals surface area contributed by atoms with Crippen LogP contribution in [-0.4, -0.2) is 18.3 Å². The fourth-order valence-corrected chi connectivity index (χ4v) is 3.79. The minimum Gasteiger partial charge on any atom is -0.490 e. The van der Waals surface area contributed by atoms with Gasteiger partial charge in [-0.1, -0.05) is 28.8 Å². The molecule has 0 bridgehead atoms. The molecule has 4 heteroatoms. The van der Waals surface area contributed by atoms with Gasteiger partial charge in [0.05, 0.1) is 12.2 Å². The van der Waals surface area contributed by atoms with Crippen molar-refractivity contribution in [2.24, 2.45) is 0 Å². The van der Waals surface area contributed by atoms with E-state index in [1.54, 1.807) is 0 Å². The maximum absolute atomic E-state index is 6.11. The summed E-state index contributed by atoms with van der Waals surface area (Å²) in [6.07, 6.45) is 7.18. The van der Waals surface area contributed by atoms with Crippen LogP contribution in [0, 0.1) is 0 Å². The maximum Gasteiger partial charge on any atom is 0.122 e. The standard InChI is InChI=1S/C15H20BrNO2/c16-11-7-12(17)9-14(8-11)19-13-3-6-18-15(10-13)4-1-2-5-15/h7-9,13H,1-6,10,17H2. The van der Waals surface area contributed by atoms with Gasteiger partial charge in [-0.3, -0.25) is 0 Å². The quantitative estimate of drug-likeness (QED) is 0.838. The van der Waals surface area contributed by atoms with Crippen LogP contribution in [0.3, 0.4) is 0 Å². The fraction of sp³-hybridized carbons (Fsp3) is 0.600. The van der Waals surface area contributed by atoms with Gasteiger partial charge >= 0.3 is 0 Å². The van der Waals surface area contributed by atoms with Gasteiger partial charge in [0.2, 0.25) is 0 Å². The molecule has 1 aliphatic heterocycles. The van der Waals surface area contributed by atoms with E-state index in [4.69, 9.17) is 15.2 Å². The van der Waals surface area contributed by atoms with Crippen LogP contribution in [0.1, 0.15) is 38.5 Å². The highest BCUT2D eigenvalue weighted by Gasteiger charge is 2.40. The summed E-state index contributed by atoms with van der Waals surface area (Å²) in [6, 6.07) is 5.75. The first-order chi connectivity index (χ1) is 9.15. The molecule has 104 valence electrons. The Balaban J connectivity index is 1.69. The third kappa shape index (κ3) is 3.06.